The molecule has 1 aliphatic heterocycles. The predicted octanol–water partition coefficient (Wildman–Crippen LogP) is 7.98. The minimum atomic E-state index is -0.666. The Morgan fingerprint density at radius 3 is 2.29 bits per heavy atom. The Labute approximate surface area is 278 Å². The molecule has 1 spiro atoms. The zero-order valence-corrected chi connectivity index (χ0v) is 29.1. The molecule has 14 heteroatoms. The summed E-state index contributed by atoms with van der Waals surface area (Å²) in [7, 11) is 0. The van der Waals surface area contributed by atoms with E-state index in [0.29, 0.717) is 10.5 Å². The molecule has 5 rings (SSSR count). The maximum Gasteiger partial charge on any atom is 0.413 e. The number of piperidine rings is 1. The fraction of sp³-hybridized carbons (Fsp3) is 0.581. The molecule has 1 atom stereocenters. The Balaban J connectivity index is 1.32. The van der Waals surface area contributed by atoms with Crippen LogP contribution < -0.4 is 15.5 Å². The van der Waals surface area contributed by atoms with Gasteiger partial charge in [-0.3, -0.25) is 9.72 Å². The van der Waals surface area contributed by atoms with Crippen LogP contribution in [0.2, 0.25) is 10.2 Å². The van der Waals surface area contributed by atoms with Crippen LogP contribution >= 0.6 is 35.0 Å². The van der Waals surface area contributed by atoms with Gasteiger partial charge in [-0.05, 0) is 85.6 Å². The Morgan fingerprint density at radius 2 is 1.62 bits per heavy atom. The molecule has 11 nitrogen and oxygen atoms in total. The van der Waals surface area contributed by atoms with Crippen molar-refractivity contribution in [1.82, 2.24) is 24.7 Å². The first-order valence-corrected chi connectivity index (χ1v) is 16.7. The quantitative estimate of drug-likeness (QED) is 0.259. The third-order valence-electron chi connectivity index (χ3n) is 8.39. The highest BCUT2D eigenvalue weighted by atomic mass is 35.5. The Kier molecular flexibility index (Phi) is 9.16. The number of ether oxygens (including phenoxy) is 2. The number of rotatable bonds is 5. The topological polar surface area (TPSA) is 123 Å². The van der Waals surface area contributed by atoms with E-state index in [1.54, 1.807) is 39.2 Å². The van der Waals surface area contributed by atoms with Crippen molar-refractivity contribution in [2.24, 2.45) is 5.41 Å². The lowest BCUT2D eigenvalue weighted by molar-refractivity contribution is 0.0300. The van der Waals surface area contributed by atoms with Gasteiger partial charge >= 0.3 is 12.2 Å². The highest BCUT2D eigenvalue weighted by Gasteiger charge is 2.54. The van der Waals surface area contributed by atoms with Gasteiger partial charge in [0.2, 0.25) is 5.95 Å². The van der Waals surface area contributed by atoms with Crippen molar-refractivity contribution in [1.29, 1.82) is 0 Å². The van der Waals surface area contributed by atoms with E-state index in [1.807, 2.05) is 31.4 Å². The van der Waals surface area contributed by atoms with E-state index in [1.165, 1.54) is 11.8 Å². The van der Waals surface area contributed by atoms with Crippen molar-refractivity contribution in [2.45, 2.75) is 107 Å². The maximum atomic E-state index is 12.8. The fourth-order valence-electron chi connectivity index (χ4n) is 6.31. The van der Waals surface area contributed by atoms with Crippen LogP contribution in [0.25, 0.3) is 5.65 Å². The number of nitrogens with one attached hydrogen (secondary N) is 2. The second kappa shape index (κ2) is 12.3. The summed E-state index contributed by atoms with van der Waals surface area (Å²) in [5, 5.41) is 6.18. The maximum absolute atomic E-state index is 12.8. The van der Waals surface area contributed by atoms with Crippen molar-refractivity contribution < 1.29 is 19.1 Å². The third-order valence-corrected chi connectivity index (χ3v) is 10.3. The number of amides is 2. The molecule has 2 aliphatic rings. The van der Waals surface area contributed by atoms with Crippen molar-refractivity contribution in [2.75, 3.05) is 23.3 Å². The van der Waals surface area contributed by atoms with Crippen molar-refractivity contribution >= 4 is 64.6 Å². The van der Waals surface area contributed by atoms with Crippen LogP contribution in [0.5, 0.6) is 0 Å². The monoisotopic (exact) mass is 677 g/mol. The molecular weight excluding hydrogens is 637 g/mol. The van der Waals surface area contributed by atoms with Gasteiger partial charge in [-0.2, -0.15) is 0 Å². The molecule has 4 heterocycles. The first-order chi connectivity index (χ1) is 21.0. The van der Waals surface area contributed by atoms with Crippen LogP contribution in [-0.4, -0.2) is 61.4 Å². The normalized spacial score (nSPS) is 20.0. The number of hydrogen-bond acceptors (Lipinski definition) is 9. The summed E-state index contributed by atoms with van der Waals surface area (Å²) in [5.74, 6) is 1.01. The van der Waals surface area contributed by atoms with Crippen LogP contribution in [0.1, 0.15) is 80.6 Å². The Bertz CT molecular complexity index is 1590. The molecular formula is C31H41Cl2N7O4S. The average Bonchev–Trinajstić information content (AvgIpc) is 3.51. The van der Waals surface area contributed by atoms with Gasteiger partial charge in [-0.15, -0.1) is 0 Å². The molecule has 45 heavy (non-hydrogen) atoms. The lowest BCUT2D eigenvalue weighted by atomic mass is 9.66. The van der Waals surface area contributed by atoms with Gasteiger partial charge in [0.05, 0.1) is 9.92 Å². The molecule has 1 saturated heterocycles. The summed E-state index contributed by atoms with van der Waals surface area (Å²) in [5.41, 5.74) is -0.835. The SMILES string of the molecule is CC(C)(C)OC(=O)Nc1cc(Sc2cnc(N3CCC4(CCCC4(C)NC(=O)OC(C)(C)C)CC3)n3ccnc23)c(Cl)c(Cl)n1. The number of anilines is 2. The van der Waals surface area contributed by atoms with Gasteiger partial charge in [-0.1, -0.05) is 41.4 Å². The molecule has 0 radical (unpaired) electrons. The second-order valence-electron chi connectivity index (χ2n) is 14.0. The van der Waals surface area contributed by atoms with Crippen LogP contribution in [0, 0.1) is 5.41 Å². The smallest absolute Gasteiger partial charge is 0.413 e. The summed E-state index contributed by atoms with van der Waals surface area (Å²) in [6.45, 7) is 14.7. The van der Waals surface area contributed by atoms with Crippen LogP contribution in [0.15, 0.2) is 34.4 Å². The number of halogens is 2. The summed E-state index contributed by atoms with van der Waals surface area (Å²) in [6, 6.07) is 1.64. The zero-order chi connectivity index (χ0) is 32.8. The van der Waals surface area contributed by atoms with Crippen LogP contribution in [0.4, 0.5) is 21.4 Å². The number of hydrogen-bond donors (Lipinski definition) is 2. The van der Waals surface area contributed by atoms with E-state index in [2.05, 4.69) is 32.4 Å². The molecule has 2 amide bonds. The van der Waals surface area contributed by atoms with Gasteiger partial charge in [-0.25, -0.2) is 24.5 Å². The predicted molar refractivity (Wildman–Crippen MR) is 177 cm³/mol. The van der Waals surface area contributed by atoms with Gasteiger partial charge in [0.1, 0.15) is 17.0 Å². The highest BCUT2D eigenvalue weighted by Crippen LogP contribution is 2.53. The minimum Gasteiger partial charge on any atom is -0.444 e. The van der Waals surface area contributed by atoms with Crippen molar-refractivity contribution in [3.05, 3.63) is 34.8 Å². The molecule has 1 aliphatic carbocycles. The highest BCUT2D eigenvalue weighted by molar-refractivity contribution is 7.99. The number of imidazole rings is 1. The molecule has 0 aromatic carbocycles. The van der Waals surface area contributed by atoms with Crippen molar-refractivity contribution in [3.8, 4) is 0 Å². The molecule has 244 valence electrons. The van der Waals surface area contributed by atoms with Gasteiger partial charge in [0, 0.05) is 42.1 Å². The molecule has 3 aromatic rings. The van der Waals surface area contributed by atoms with Gasteiger partial charge in [0.25, 0.3) is 0 Å². The van der Waals surface area contributed by atoms with Crippen molar-refractivity contribution in [3.63, 3.8) is 0 Å². The molecule has 1 unspecified atom stereocenters. The molecule has 1 saturated carbocycles. The van der Waals surface area contributed by atoms with Gasteiger partial charge in [0.15, 0.2) is 10.8 Å². The standard InChI is InChI=1S/C31H41Cl2N7O4S/c1-28(2,3)43-26(41)37-21-17-19(22(32)23(33)36-21)45-20-18-35-25(40-16-13-34-24(20)40)39-14-11-31(12-15-39)10-8-9-30(31,7)38-27(42)44-29(4,5)6/h13,16-18H,8-12,14-15H2,1-7H3,(H,38,42)(H,36,37,41). The summed E-state index contributed by atoms with van der Waals surface area (Å²) >= 11 is 14.2. The number of aromatic nitrogens is 4. The van der Waals surface area contributed by atoms with E-state index in [0.717, 1.165) is 56.0 Å². The summed E-state index contributed by atoms with van der Waals surface area (Å²) in [4.78, 5) is 42.4. The first kappa shape index (κ1) is 33.4. The van der Waals surface area contributed by atoms with E-state index in [4.69, 9.17) is 37.7 Å². The number of alkyl carbamates (subject to hydrolysis) is 1. The molecule has 2 N–H and O–H groups in total. The summed E-state index contributed by atoms with van der Waals surface area (Å²) in [6.07, 6.45) is 9.33. The average molecular weight is 679 g/mol. The molecule has 0 bridgehead atoms. The minimum absolute atomic E-state index is 0.00728. The third kappa shape index (κ3) is 7.38. The Morgan fingerprint density at radius 1 is 0.956 bits per heavy atom. The van der Waals surface area contributed by atoms with E-state index in [9.17, 15) is 9.59 Å². The largest absolute Gasteiger partial charge is 0.444 e. The fourth-order valence-corrected chi connectivity index (χ4v) is 7.72. The lowest BCUT2D eigenvalue weighted by Crippen LogP contribution is -2.59. The number of pyridine rings is 1. The van der Waals surface area contributed by atoms with E-state index in [-0.39, 0.29) is 33.0 Å². The van der Waals surface area contributed by atoms with Crippen LogP contribution in [-0.2, 0) is 9.47 Å². The number of carbonyl (C=O) groups is 2. The van der Waals surface area contributed by atoms with E-state index >= 15 is 0 Å². The summed E-state index contributed by atoms with van der Waals surface area (Å²) < 4.78 is 12.9. The first-order valence-electron chi connectivity index (χ1n) is 15.1. The Hall–Kier alpha value is -2.96. The zero-order valence-electron chi connectivity index (χ0n) is 26.8. The van der Waals surface area contributed by atoms with Gasteiger partial charge < -0.3 is 19.7 Å². The van der Waals surface area contributed by atoms with Crippen LogP contribution in [0.3, 0.4) is 0 Å². The number of carbonyl (C=O) groups excluding carboxylic acids is 2. The molecule has 3 aromatic heterocycles. The lowest BCUT2D eigenvalue weighted by Gasteiger charge is -2.49. The number of nitrogens with zero attached hydrogens (tertiary/aromatic N) is 5. The van der Waals surface area contributed by atoms with E-state index < -0.39 is 17.3 Å². The second-order valence-corrected chi connectivity index (χ2v) is 15.8. The number of fused-ring (bicyclic) bond motifs is 1. The molecule has 2 fully saturated rings.